The lowest BCUT2D eigenvalue weighted by Gasteiger charge is -2.32. The first-order valence-electron chi connectivity index (χ1n) is 10.6. The van der Waals surface area contributed by atoms with Crippen molar-refractivity contribution in [2.24, 2.45) is 0 Å². The number of nitrogens with zero attached hydrogens (tertiary/aromatic N) is 3. The Labute approximate surface area is 195 Å². The van der Waals surface area contributed by atoms with Crippen LogP contribution in [0.2, 0.25) is 0 Å². The molecule has 33 heavy (non-hydrogen) atoms. The first-order chi connectivity index (χ1) is 15.6. The van der Waals surface area contributed by atoms with Crippen molar-refractivity contribution in [1.29, 1.82) is 0 Å². The van der Waals surface area contributed by atoms with Gasteiger partial charge in [-0.1, -0.05) is 49.4 Å². The van der Waals surface area contributed by atoms with Crippen LogP contribution in [-0.4, -0.2) is 62.7 Å². The minimum atomic E-state index is -4.20. The van der Waals surface area contributed by atoms with Crippen molar-refractivity contribution in [2.45, 2.75) is 32.9 Å². The average Bonchev–Trinajstić information content (AvgIpc) is 2.79. The fourth-order valence-electron chi connectivity index (χ4n) is 3.11. The second-order valence-electron chi connectivity index (χ2n) is 7.72. The van der Waals surface area contributed by atoms with Crippen molar-refractivity contribution in [3.05, 3.63) is 66.0 Å². The largest absolute Gasteiger partial charge is 0.354 e. The van der Waals surface area contributed by atoms with Gasteiger partial charge in [-0.25, -0.2) is 8.70 Å². The van der Waals surface area contributed by atoms with Crippen molar-refractivity contribution >= 4 is 27.7 Å². The second-order valence-corrected chi connectivity index (χ2v) is 9.79. The molecule has 0 bridgehead atoms. The third-order valence-electron chi connectivity index (χ3n) is 5.05. The maximum Gasteiger partial charge on any atom is 0.304 e. The summed E-state index contributed by atoms with van der Waals surface area (Å²) < 4.78 is 42.1. The summed E-state index contributed by atoms with van der Waals surface area (Å²) in [5, 5.41) is 2.76. The third kappa shape index (κ3) is 6.75. The van der Waals surface area contributed by atoms with E-state index in [0.29, 0.717) is 6.54 Å². The lowest BCUT2D eigenvalue weighted by Crippen LogP contribution is -2.52. The highest BCUT2D eigenvalue weighted by molar-refractivity contribution is 7.90. The molecule has 2 aromatic rings. The molecule has 0 aliphatic carbocycles. The quantitative estimate of drug-likeness (QED) is 0.537. The topological polar surface area (TPSA) is 90.0 Å². The number of anilines is 1. The van der Waals surface area contributed by atoms with E-state index in [-0.39, 0.29) is 18.1 Å². The molecular weight excluding hydrogens is 447 g/mol. The van der Waals surface area contributed by atoms with E-state index in [1.165, 1.54) is 37.2 Å². The van der Waals surface area contributed by atoms with Crippen LogP contribution in [0.1, 0.15) is 25.8 Å². The SMILES string of the molecule is CCCNC(=O)C(C)N(Cc1ccccc1)C(=O)CN(c1ccccc1F)S(=O)(=O)N(C)C. The zero-order chi connectivity index (χ0) is 24.6. The summed E-state index contributed by atoms with van der Waals surface area (Å²) in [6.45, 7) is 3.37. The summed E-state index contributed by atoms with van der Waals surface area (Å²) >= 11 is 0. The average molecular weight is 479 g/mol. The molecule has 0 fully saturated rings. The van der Waals surface area contributed by atoms with Gasteiger partial charge in [0.25, 0.3) is 0 Å². The zero-order valence-corrected chi connectivity index (χ0v) is 20.2. The molecule has 0 spiro atoms. The summed E-state index contributed by atoms with van der Waals surface area (Å²) in [5.41, 5.74) is 0.524. The van der Waals surface area contributed by atoms with Crippen LogP contribution in [0.3, 0.4) is 0 Å². The van der Waals surface area contributed by atoms with Crippen molar-refractivity contribution in [1.82, 2.24) is 14.5 Å². The predicted molar refractivity (Wildman–Crippen MR) is 126 cm³/mol. The van der Waals surface area contributed by atoms with Gasteiger partial charge in [-0.05, 0) is 31.0 Å². The van der Waals surface area contributed by atoms with Crippen LogP contribution in [0.15, 0.2) is 54.6 Å². The van der Waals surface area contributed by atoms with Gasteiger partial charge < -0.3 is 10.2 Å². The van der Waals surface area contributed by atoms with E-state index in [1.807, 2.05) is 37.3 Å². The Hall–Kier alpha value is -2.98. The number of para-hydroxylation sites is 1. The van der Waals surface area contributed by atoms with Gasteiger partial charge in [0.15, 0.2) is 0 Å². The third-order valence-corrected chi connectivity index (χ3v) is 6.86. The predicted octanol–water partition coefficient (Wildman–Crippen LogP) is 2.38. The summed E-state index contributed by atoms with van der Waals surface area (Å²) in [4.78, 5) is 27.4. The van der Waals surface area contributed by atoms with Crippen molar-refractivity contribution < 1.29 is 22.4 Å². The molecule has 2 aromatic carbocycles. The highest BCUT2D eigenvalue weighted by Gasteiger charge is 2.33. The van der Waals surface area contributed by atoms with E-state index in [2.05, 4.69) is 5.32 Å². The highest BCUT2D eigenvalue weighted by atomic mass is 32.2. The Morgan fingerprint density at radius 2 is 1.64 bits per heavy atom. The molecule has 0 aliphatic rings. The van der Waals surface area contributed by atoms with Gasteiger partial charge in [0.1, 0.15) is 18.4 Å². The molecule has 8 nitrogen and oxygen atoms in total. The molecular formula is C23H31FN4O4S. The van der Waals surface area contributed by atoms with E-state index >= 15 is 0 Å². The van der Waals surface area contributed by atoms with Crippen LogP contribution in [0.4, 0.5) is 10.1 Å². The van der Waals surface area contributed by atoms with Crippen LogP contribution in [0, 0.1) is 5.82 Å². The van der Waals surface area contributed by atoms with Crippen LogP contribution in [-0.2, 0) is 26.3 Å². The number of hydrogen-bond acceptors (Lipinski definition) is 4. The van der Waals surface area contributed by atoms with Gasteiger partial charge >= 0.3 is 10.2 Å². The number of rotatable bonds is 11. The van der Waals surface area contributed by atoms with E-state index in [0.717, 1.165) is 26.7 Å². The van der Waals surface area contributed by atoms with Crippen LogP contribution >= 0.6 is 0 Å². The molecule has 1 N–H and O–H groups in total. The first kappa shape index (κ1) is 26.3. The molecule has 10 heteroatoms. The standard InChI is InChI=1S/C23H31FN4O4S/c1-5-15-25-23(30)18(2)27(16-19-11-7-6-8-12-19)22(29)17-28(33(31,32)26(3)4)21-14-10-9-13-20(21)24/h6-14,18H,5,15-17H2,1-4H3,(H,25,30). The molecule has 180 valence electrons. The number of carbonyl (C=O) groups excluding carboxylic acids is 2. The van der Waals surface area contributed by atoms with E-state index in [9.17, 15) is 22.4 Å². The molecule has 0 heterocycles. The van der Waals surface area contributed by atoms with Crippen LogP contribution in [0.5, 0.6) is 0 Å². The molecule has 0 saturated heterocycles. The number of halogens is 1. The number of nitrogens with one attached hydrogen (secondary N) is 1. The summed E-state index contributed by atoms with van der Waals surface area (Å²) in [6, 6.07) is 13.5. The van der Waals surface area contributed by atoms with Crippen molar-refractivity contribution in [2.75, 3.05) is 31.5 Å². The monoisotopic (exact) mass is 478 g/mol. The first-order valence-corrected chi connectivity index (χ1v) is 12.0. The van der Waals surface area contributed by atoms with Crippen LogP contribution < -0.4 is 9.62 Å². The minimum absolute atomic E-state index is 0.0908. The maximum absolute atomic E-state index is 14.5. The Kier molecular flexibility index (Phi) is 9.36. The fourth-order valence-corrected chi connectivity index (χ4v) is 4.18. The molecule has 0 saturated carbocycles. The van der Waals surface area contributed by atoms with Gasteiger partial charge in [0, 0.05) is 27.2 Å². The van der Waals surface area contributed by atoms with Crippen molar-refractivity contribution in [3.8, 4) is 0 Å². The number of amides is 2. The Balaban J connectivity index is 2.43. The molecule has 2 rings (SSSR count). The molecule has 0 aromatic heterocycles. The second kappa shape index (κ2) is 11.8. The van der Waals surface area contributed by atoms with E-state index in [1.54, 1.807) is 6.92 Å². The van der Waals surface area contributed by atoms with Gasteiger partial charge in [-0.15, -0.1) is 0 Å². The van der Waals surface area contributed by atoms with Crippen LogP contribution in [0.25, 0.3) is 0 Å². The molecule has 0 aliphatic heterocycles. The zero-order valence-electron chi connectivity index (χ0n) is 19.4. The van der Waals surface area contributed by atoms with Gasteiger partial charge in [-0.2, -0.15) is 12.7 Å². The summed E-state index contributed by atoms with van der Waals surface area (Å²) in [5.74, 6) is -1.76. The van der Waals surface area contributed by atoms with E-state index < -0.39 is 34.5 Å². The van der Waals surface area contributed by atoms with Gasteiger partial charge in [0.05, 0.1) is 5.69 Å². The smallest absolute Gasteiger partial charge is 0.304 e. The van der Waals surface area contributed by atoms with Gasteiger partial charge in [0.2, 0.25) is 11.8 Å². The normalized spacial score (nSPS) is 12.3. The summed E-state index contributed by atoms with van der Waals surface area (Å²) in [6.07, 6.45) is 0.729. The molecule has 1 atom stereocenters. The lowest BCUT2D eigenvalue weighted by molar-refractivity contribution is -0.139. The van der Waals surface area contributed by atoms with Gasteiger partial charge in [-0.3, -0.25) is 9.59 Å². The molecule has 2 amide bonds. The molecule has 1 unspecified atom stereocenters. The lowest BCUT2D eigenvalue weighted by atomic mass is 10.1. The fraction of sp³-hybridized carbons (Fsp3) is 0.391. The Morgan fingerprint density at radius 1 is 1.03 bits per heavy atom. The Bertz CT molecular complexity index is 1050. The number of carbonyl (C=O) groups is 2. The molecule has 0 radical (unpaired) electrons. The van der Waals surface area contributed by atoms with E-state index in [4.69, 9.17) is 0 Å². The minimum Gasteiger partial charge on any atom is -0.354 e. The number of benzene rings is 2. The summed E-state index contributed by atoms with van der Waals surface area (Å²) in [7, 11) is -1.59. The maximum atomic E-state index is 14.5. The Morgan fingerprint density at radius 3 is 2.21 bits per heavy atom. The highest BCUT2D eigenvalue weighted by Crippen LogP contribution is 2.23. The number of hydrogen-bond donors (Lipinski definition) is 1. The van der Waals surface area contributed by atoms with Crippen molar-refractivity contribution in [3.63, 3.8) is 0 Å².